The third-order valence-corrected chi connectivity index (χ3v) is 5.59. The lowest BCUT2D eigenvalue weighted by Gasteiger charge is -2.29. The van der Waals surface area contributed by atoms with Crippen molar-refractivity contribution in [3.05, 3.63) is 47.3 Å². The van der Waals surface area contributed by atoms with Crippen LogP contribution in [0, 0.1) is 12.8 Å². The number of carbonyl (C=O) groups excluding carboxylic acids is 3. The van der Waals surface area contributed by atoms with Gasteiger partial charge in [0, 0.05) is 17.3 Å². The van der Waals surface area contributed by atoms with E-state index in [2.05, 4.69) is 17.2 Å². The van der Waals surface area contributed by atoms with Crippen molar-refractivity contribution in [2.45, 2.75) is 52.5 Å². The van der Waals surface area contributed by atoms with Crippen molar-refractivity contribution >= 4 is 17.7 Å². The number of hydrogen-bond acceptors (Lipinski definition) is 4. The van der Waals surface area contributed by atoms with Crippen LogP contribution in [0.1, 0.15) is 66.1 Å². The van der Waals surface area contributed by atoms with Crippen LogP contribution in [0.3, 0.4) is 0 Å². The lowest BCUT2D eigenvalue weighted by Crippen LogP contribution is -2.44. The number of aromatic nitrogens is 1. The summed E-state index contributed by atoms with van der Waals surface area (Å²) in [5.41, 5.74) is 2.02. The van der Waals surface area contributed by atoms with Crippen molar-refractivity contribution < 1.29 is 19.1 Å². The summed E-state index contributed by atoms with van der Waals surface area (Å²) < 4.78 is 5.19. The molecule has 0 bridgehead atoms. The molecule has 6 nitrogen and oxygen atoms in total. The van der Waals surface area contributed by atoms with E-state index in [-0.39, 0.29) is 18.3 Å². The largest absolute Gasteiger partial charge is 0.462 e. The van der Waals surface area contributed by atoms with Gasteiger partial charge in [0.15, 0.2) is 0 Å². The number of nitrogens with one attached hydrogen (secondary N) is 2. The zero-order valence-electron chi connectivity index (χ0n) is 17.2. The molecule has 2 N–H and O–H groups in total. The summed E-state index contributed by atoms with van der Waals surface area (Å²) in [6.07, 6.45) is 4.12. The Morgan fingerprint density at radius 3 is 2.48 bits per heavy atom. The molecule has 3 rings (SSSR count). The number of ketones is 1. The van der Waals surface area contributed by atoms with Gasteiger partial charge >= 0.3 is 5.97 Å². The first-order valence-corrected chi connectivity index (χ1v) is 10.2. The third kappa shape index (κ3) is 4.42. The van der Waals surface area contributed by atoms with Crippen molar-refractivity contribution in [2.24, 2.45) is 5.92 Å². The second-order valence-electron chi connectivity index (χ2n) is 7.63. The Kier molecular flexibility index (Phi) is 6.52. The molecule has 0 radical (unpaired) electrons. The van der Waals surface area contributed by atoms with Gasteiger partial charge < -0.3 is 15.0 Å². The van der Waals surface area contributed by atoms with Crippen LogP contribution < -0.4 is 5.32 Å². The van der Waals surface area contributed by atoms with Gasteiger partial charge in [0.2, 0.25) is 0 Å². The summed E-state index contributed by atoms with van der Waals surface area (Å²) in [5.74, 6) is -1.48. The molecule has 2 aromatic rings. The molecule has 6 heteroatoms. The first-order valence-electron chi connectivity index (χ1n) is 10.2. The second-order valence-corrected chi connectivity index (χ2v) is 7.63. The molecule has 1 aliphatic rings. The number of esters is 1. The molecule has 0 aliphatic heterocycles. The molecule has 29 heavy (non-hydrogen) atoms. The summed E-state index contributed by atoms with van der Waals surface area (Å²) in [4.78, 5) is 41.4. The highest BCUT2D eigenvalue weighted by molar-refractivity contribution is 6.44. The Balaban J connectivity index is 1.97. The minimum Gasteiger partial charge on any atom is -0.462 e. The summed E-state index contributed by atoms with van der Waals surface area (Å²) >= 11 is 0. The van der Waals surface area contributed by atoms with E-state index in [1.807, 2.05) is 30.3 Å². The van der Waals surface area contributed by atoms with E-state index in [9.17, 15) is 14.4 Å². The molecule has 1 aromatic heterocycles. The molecule has 154 valence electrons. The lowest BCUT2D eigenvalue weighted by molar-refractivity contribution is -0.118. The van der Waals surface area contributed by atoms with Crippen LogP contribution in [0.25, 0.3) is 11.1 Å². The Labute approximate surface area is 171 Å². The minimum absolute atomic E-state index is 0.000890. The lowest BCUT2D eigenvalue weighted by atomic mass is 9.86. The molecular formula is C23H28N2O4. The molecular weight excluding hydrogens is 368 g/mol. The zero-order chi connectivity index (χ0) is 21.0. The molecule has 0 unspecified atom stereocenters. The van der Waals surface area contributed by atoms with Crippen molar-refractivity contribution in [3.8, 4) is 11.1 Å². The van der Waals surface area contributed by atoms with Gasteiger partial charge in [-0.3, -0.25) is 9.59 Å². The maximum atomic E-state index is 13.1. The van der Waals surface area contributed by atoms with Crippen LogP contribution in [0.15, 0.2) is 30.3 Å². The Morgan fingerprint density at radius 2 is 1.83 bits per heavy atom. The van der Waals surface area contributed by atoms with Gasteiger partial charge in [0.25, 0.3) is 11.7 Å². The maximum Gasteiger partial charge on any atom is 0.340 e. The molecule has 0 spiro atoms. The number of benzene rings is 1. The highest BCUT2D eigenvalue weighted by Gasteiger charge is 2.31. The fraction of sp³-hybridized carbons (Fsp3) is 0.435. The standard InChI is InChI=1S/C23H28N2O4/c1-4-29-23(28)18-15(3)24-20(19(18)16-11-6-5-7-12-16)21(26)22(27)25-17-13-9-8-10-14(17)2/h5-7,11-12,14,17,24H,4,8-10,13H2,1-3H3,(H,25,27)/t14-,17-/m0/s1. The number of carbonyl (C=O) groups is 3. The first-order chi connectivity index (χ1) is 13.9. The number of Topliss-reactive ketones (excluding diaryl/α,β-unsaturated/α-hetero) is 1. The molecule has 2 atom stereocenters. The third-order valence-electron chi connectivity index (χ3n) is 5.59. The van der Waals surface area contributed by atoms with Gasteiger partial charge in [-0.05, 0) is 38.2 Å². The smallest absolute Gasteiger partial charge is 0.340 e. The molecule has 1 heterocycles. The van der Waals surface area contributed by atoms with E-state index in [1.54, 1.807) is 13.8 Å². The normalized spacial score (nSPS) is 18.9. The highest BCUT2D eigenvalue weighted by Crippen LogP contribution is 2.31. The predicted octanol–water partition coefficient (Wildman–Crippen LogP) is 4.04. The molecule has 1 aliphatic carbocycles. The molecule has 0 saturated heterocycles. The van der Waals surface area contributed by atoms with E-state index < -0.39 is 17.7 Å². The van der Waals surface area contributed by atoms with Gasteiger partial charge in [-0.2, -0.15) is 0 Å². The highest BCUT2D eigenvalue weighted by atomic mass is 16.5. The van der Waals surface area contributed by atoms with E-state index in [0.29, 0.717) is 28.3 Å². The van der Waals surface area contributed by atoms with Gasteiger partial charge in [0.05, 0.1) is 12.2 Å². The number of aryl methyl sites for hydroxylation is 1. The number of H-pyrrole nitrogens is 1. The van der Waals surface area contributed by atoms with E-state index in [0.717, 1.165) is 25.7 Å². The number of amides is 1. The van der Waals surface area contributed by atoms with Crippen LogP contribution in [0.2, 0.25) is 0 Å². The SMILES string of the molecule is CCOC(=O)c1c(C)[nH]c(C(=O)C(=O)N[C@H]2CCCC[C@@H]2C)c1-c1ccccc1. The van der Waals surface area contributed by atoms with Gasteiger partial charge in [-0.15, -0.1) is 0 Å². The average molecular weight is 396 g/mol. The summed E-state index contributed by atoms with van der Waals surface area (Å²) in [6.45, 7) is 5.76. The van der Waals surface area contributed by atoms with Gasteiger partial charge in [0.1, 0.15) is 5.69 Å². The van der Waals surface area contributed by atoms with E-state index in [1.165, 1.54) is 0 Å². The Hall–Kier alpha value is -2.89. The monoisotopic (exact) mass is 396 g/mol. The van der Waals surface area contributed by atoms with Crippen LogP contribution in [-0.4, -0.2) is 35.3 Å². The van der Waals surface area contributed by atoms with Crippen molar-refractivity contribution in [3.63, 3.8) is 0 Å². The Bertz CT molecular complexity index is 901. The molecule has 1 fully saturated rings. The summed E-state index contributed by atoms with van der Waals surface area (Å²) in [5, 5.41) is 2.90. The summed E-state index contributed by atoms with van der Waals surface area (Å²) in [6, 6.07) is 9.12. The maximum absolute atomic E-state index is 13.1. The number of aromatic amines is 1. The number of ether oxygens (including phenoxy) is 1. The molecule has 1 saturated carbocycles. The molecule has 1 amide bonds. The minimum atomic E-state index is -0.666. The predicted molar refractivity (Wildman–Crippen MR) is 111 cm³/mol. The number of hydrogen-bond donors (Lipinski definition) is 2. The van der Waals surface area contributed by atoms with Crippen LogP contribution in [0.4, 0.5) is 0 Å². The van der Waals surface area contributed by atoms with Crippen LogP contribution in [-0.2, 0) is 9.53 Å². The average Bonchev–Trinajstić information content (AvgIpc) is 3.07. The van der Waals surface area contributed by atoms with Gasteiger partial charge in [-0.25, -0.2) is 4.79 Å². The van der Waals surface area contributed by atoms with E-state index in [4.69, 9.17) is 4.74 Å². The van der Waals surface area contributed by atoms with Gasteiger partial charge in [-0.1, -0.05) is 50.1 Å². The van der Waals surface area contributed by atoms with Crippen LogP contribution in [0.5, 0.6) is 0 Å². The van der Waals surface area contributed by atoms with Crippen molar-refractivity contribution in [1.82, 2.24) is 10.3 Å². The topological polar surface area (TPSA) is 88.3 Å². The second kappa shape index (κ2) is 9.07. The first kappa shape index (κ1) is 20.8. The summed E-state index contributed by atoms with van der Waals surface area (Å²) in [7, 11) is 0. The van der Waals surface area contributed by atoms with E-state index >= 15 is 0 Å². The molecule has 1 aromatic carbocycles. The van der Waals surface area contributed by atoms with Crippen molar-refractivity contribution in [2.75, 3.05) is 6.61 Å². The fourth-order valence-electron chi connectivity index (χ4n) is 4.03. The van der Waals surface area contributed by atoms with Crippen molar-refractivity contribution in [1.29, 1.82) is 0 Å². The number of rotatable bonds is 6. The van der Waals surface area contributed by atoms with Crippen LogP contribution >= 0.6 is 0 Å². The Morgan fingerprint density at radius 1 is 1.14 bits per heavy atom. The zero-order valence-corrected chi connectivity index (χ0v) is 17.2. The fourth-order valence-corrected chi connectivity index (χ4v) is 4.03. The quantitative estimate of drug-likeness (QED) is 0.438.